The van der Waals surface area contributed by atoms with Crippen molar-refractivity contribution in [2.24, 2.45) is 4.99 Å². The predicted octanol–water partition coefficient (Wildman–Crippen LogP) is 4.16. The molecule has 1 aromatic carbocycles. The molecule has 3 rings (SSSR count). The summed E-state index contributed by atoms with van der Waals surface area (Å²) in [6.07, 6.45) is 4.75. The Morgan fingerprint density at radius 2 is 1.97 bits per heavy atom. The molecule has 1 aliphatic heterocycles. The van der Waals surface area contributed by atoms with Crippen molar-refractivity contribution in [3.8, 4) is 0 Å². The molecular weight excluding hydrogens is 360 g/mol. The Bertz CT molecular complexity index is 761. The van der Waals surface area contributed by atoms with Crippen molar-refractivity contribution in [2.45, 2.75) is 45.2 Å². The van der Waals surface area contributed by atoms with Crippen LogP contribution in [0.1, 0.15) is 44.1 Å². The third-order valence-electron chi connectivity index (χ3n) is 5.28. The molecule has 2 aromatic rings. The summed E-state index contributed by atoms with van der Waals surface area (Å²) in [4.78, 5) is 7.31. The highest BCUT2D eigenvalue weighted by molar-refractivity contribution is 5.80. The molecule has 2 N–H and O–H groups in total. The molecule has 2 heterocycles. The lowest BCUT2D eigenvalue weighted by Crippen LogP contribution is -2.49. The molecule has 0 aliphatic carbocycles. The van der Waals surface area contributed by atoms with Crippen LogP contribution in [-0.4, -0.2) is 43.1 Å². The monoisotopic (exact) mass is 394 g/mol. The van der Waals surface area contributed by atoms with E-state index < -0.39 is 0 Å². The van der Waals surface area contributed by atoms with Gasteiger partial charge in [-0.25, -0.2) is 0 Å². The quantitative estimate of drug-likeness (QED) is 0.401. The minimum atomic E-state index is 0.189. The van der Waals surface area contributed by atoms with Gasteiger partial charge in [0.25, 0.3) is 0 Å². The summed E-state index contributed by atoms with van der Waals surface area (Å²) in [5.41, 5.74) is 2.49. The molecule has 0 saturated carbocycles. The number of nitrogens with zero attached hydrogens (tertiary/aromatic N) is 2. The fraction of sp³-hybridized carbons (Fsp3) is 0.458. The van der Waals surface area contributed by atoms with E-state index in [9.17, 15) is 0 Å². The summed E-state index contributed by atoms with van der Waals surface area (Å²) in [5, 5.41) is 7.25. The molecule has 1 aliphatic rings. The van der Waals surface area contributed by atoms with E-state index in [1.807, 2.05) is 18.2 Å². The zero-order valence-electron chi connectivity index (χ0n) is 17.7. The number of aliphatic imine (C=N–C) groups is 1. The Morgan fingerprint density at radius 1 is 1.21 bits per heavy atom. The molecule has 156 valence electrons. The number of likely N-dealkylation sites (tertiary alicyclic amines) is 1. The van der Waals surface area contributed by atoms with Gasteiger partial charge in [0.1, 0.15) is 5.76 Å². The summed E-state index contributed by atoms with van der Waals surface area (Å²) in [6, 6.07) is 15.0. The van der Waals surface area contributed by atoms with Gasteiger partial charge in [-0.2, -0.15) is 0 Å². The molecule has 1 atom stereocenters. The van der Waals surface area contributed by atoms with E-state index in [4.69, 9.17) is 9.41 Å². The van der Waals surface area contributed by atoms with E-state index in [1.165, 1.54) is 11.1 Å². The molecule has 1 unspecified atom stereocenters. The molecule has 1 fully saturated rings. The first-order chi connectivity index (χ1) is 14.1. The van der Waals surface area contributed by atoms with Crippen LogP contribution in [0.2, 0.25) is 0 Å². The number of guanidine groups is 1. The van der Waals surface area contributed by atoms with Crippen molar-refractivity contribution in [1.82, 2.24) is 15.5 Å². The molecule has 1 aromatic heterocycles. The Morgan fingerprint density at radius 3 is 2.62 bits per heavy atom. The van der Waals surface area contributed by atoms with Crippen LogP contribution < -0.4 is 10.6 Å². The van der Waals surface area contributed by atoms with Crippen LogP contribution in [0.4, 0.5) is 0 Å². The smallest absolute Gasteiger partial charge is 0.191 e. The van der Waals surface area contributed by atoms with E-state index >= 15 is 0 Å². The number of benzene rings is 1. The van der Waals surface area contributed by atoms with E-state index in [0.29, 0.717) is 12.6 Å². The minimum absolute atomic E-state index is 0.189. The number of rotatable bonds is 8. The second kappa shape index (κ2) is 10.9. The molecule has 0 bridgehead atoms. The number of furan rings is 1. The van der Waals surface area contributed by atoms with Gasteiger partial charge < -0.3 is 15.1 Å². The summed E-state index contributed by atoms with van der Waals surface area (Å²) >= 11 is 0. The Kier molecular flexibility index (Phi) is 7.94. The molecule has 1 saturated heterocycles. The predicted molar refractivity (Wildman–Crippen MR) is 120 cm³/mol. The topological polar surface area (TPSA) is 52.8 Å². The molecular formula is C24H34N4O. The van der Waals surface area contributed by atoms with Gasteiger partial charge in [-0.3, -0.25) is 9.89 Å². The van der Waals surface area contributed by atoms with Gasteiger partial charge >= 0.3 is 0 Å². The highest BCUT2D eigenvalue weighted by Crippen LogP contribution is 2.14. The zero-order valence-corrected chi connectivity index (χ0v) is 17.7. The largest absolute Gasteiger partial charge is 0.469 e. The van der Waals surface area contributed by atoms with Crippen molar-refractivity contribution in [1.29, 1.82) is 0 Å². The van der Waals surface area contributed by atoms with Crippen LogP contribution in [0, 0.1) is 0 Å². The highest BCUT2D eigenvalue weighted by atomic mass is 16.3. The van der Waals surface area contributed by atoms with E-state index in [1.54, 1.807) is 6.26 Å². The van der Waals surface area contributed by atoms with Crippen LogP contribution in [-0.2, 0) is 6.42 Å². The van der Waals surface area contributed by atoms with Gasteiger partial charge in [0.2, 0.25) is 0 Å². The van der Waals surface area contributed by atoms with E-state index in [0.717, 1.165) is 50.6 Å². The van der Waals surface area contributed by atoms with E-state index in [-0.39, 0.29) is 6.04 Å². The third kappa shape index (κ3) is 7.09. The van der Waals surface area contributed by atoms with Crippen LogP contribution in [0.25, 0.3) is 0 Å². The van der Waals surface area contributed by atoms with Crippen LogP contribution in [0.5, 0.6) is 0 Å². The second-order valence-electron chi connectivity index (χ2n) is 7.99. The summed E-state index contributed by atoms with van der Waals surface area (Å²) in [5.74, 6) is 1.85. The average molecular weight is 395 g/mol. The molecule has 0 amide bonds. The van der Waals surface area contributed by atoms with Gasteiger partial charge in [-0.15, -0.1) is 0 Å². The minimum Gasteiger partial charge on any atom is -0.469 e. The van der Waals surface area contributed by atoms with Crippen molar-refractivity contribution in [3.05, 3.63) is 72.2 Å². The SMILES string of the molecule is C=C(C)CN1CCC(NC(=NCCc2ccco2)NC(C)c2ccccc2)CC1. The van der Waals surface area contributed by atoms with Crippen molar-refractivity contribution < 1.29 is 4.42 Å². The Hall–Kier alpha value is -2.53. The molecule has 0 spiro atoms. The molecule has 5 nitrogen and oxygen atoms in total. The zero-order chi connectivity index (χ0) is 20.5. The normalized spacial score (nSPS) is 17.1. The van der Waals surface area contributed by atoms with Crippen molar-refractivity contribution in [3.63, 3.8) is 0 Å². The summed E-state index contributed by atoms with van der Waals surface area (Å²) in [6.45, 7) is 12.2. The van der Waals surface area contributed by atoms with Crippen molar-refractivity contribution in [2.75, 3.05) is 26.2 Å². The number of hydrogen-bond donors (Lipinski definition) is 2. The van der Waals surface area contributed by atoms with Gasteiger partial charge in [-0.05, 0) is 44.4 Å². The van der Waals surface area contributed by atoms with Crippen LogP contribution >= 0.6 is 0 Å². The number of hydrogen-bond acceptors (Lipinski definition) is 3. The summed E-state index contributed by atoms with van der Waals surface area (Å²) in [7, 11) is 0. The lowest BCUT2D eigenvalue weighted by Gasteiger charge is -2.33. The lowest BCUT2D eigenvalue weighted by atomic mass is 10.0. The fourth-order valence-electron chi connectivity index (χ4n) is 3.71. The van der Waals surface area contributed by atoms with Gasteiger partial charge in [0, 0.05) is 38.6 Å². The van der Waals surface area contributed by atoms with E-state index in [2.05, 4.69) is 60.2 Å². The third-order valence-corrected chi connectivity index (χ3v) is 5.28. The first-order valence-corrected chi connectivity index (χ1v) is 10.6. The summed E-state index contributed by atoms with van der Waals surface area (Å²) < 4.78 is 5.44. The van der Waals surface area contributed by atoms with Gasteiger partial charge in [0.15, 0.2) is 5.96 Å². The first-order valence-electron chi connectivity index (χ1n) is 10.6. The lowest BCUT2D eigenvalue weighted by molar-refractivity contribution is 0.221. The maximum absolute atomic E-state index is 5.44. The first kappa shape index (κ1) is 21.2. The van der Waals surface area contributed by atoms with Crippen LogP contribution in [0.3, 0.4) is 0 Å². The molecule has 5 heteroatoms. The fourth-order valence-corrected chi connectivity index (χ4v) is 3.71. The number of nitrogens with one attached hydrogen (secondary N) is 2. The van der Waals surface area contributed by atoms with Gasteiger partial charge in [0.05, 0.1) is 12.3 Å². The van der Waals surface area contributed by atoms with Crippen LogP contribution in [0.15, 0.2) is 70.3 Å². The molecule has 29 heavy (non-hydrogen) atoms. The second-order valence-corrected chi connectivity index (χ2v) is 7.99. The molecule has 0 radical (unpaired) electrons. The standard InChI is InChI=1S/C24H34N4O/c1-19(2)18-28-15-12-22(13-16-28)27-24(25-14-11-23-10-7-17-29-23)26-20(3)21-8-5-4-6-9-21/h4-10,17,20,22H,1,11-16,18H2,2-3H3,(H2,25,26,27). The van der Waals surface area contributed by atoms with Gasteiger partial charge in [-0.1, -0.05) is 42.5 Å². The maximum Gasteiger partial charge on any atom is 0.191 e. The average Bonchev–Trinajstić information content (AvgIpc) is 3.23. The highest BCUT2D eigenvalue weighted by Gasteiger charge is 2.20. The Balaban J connectivity index is 1.58. The Labute approximate surface area is 174 Å². The van der Waals surface area contributed by atoms with Crippen molar-refractivity contribution >= 4 is 5.96 Å². The maximum atomic E-state index is 5.44. The number of piperidine rings is 1.